The Labute approximate surface area is 142 Å². The summed E-state index contributed by atoms with van der Waals surface area (Å²) in [6.45, 7) is -0.406. The summed E-state index contributed by atoms with van der Waals surface area (Å²) in [7, 11) is 0. The Balaban J connectivity index is 1.60. The number of Topliss-reactive ketones (excluding diaryl/α,β-unsaturated/α-hetero) is 1. The maximum atomic E-state index is 11.9. The predicted molar refractivity (Wildman–Crippen MR) is 90.3 cm³/mol. The number of benzene rings is 2. The third-order valence-corrected chi connectivity index (χ3v) is 3.52. The van der Waals surface area contributed by atoms with Crippen molar-refractivity contribution in [1.82, 2.24) is 0 Å². The number of phenols is 2. The molecule has 0 atom stereocenters. The molecule has 126 valence electrons. The molecule has 0 aliphatic rings. The number of esters is 1. The summed E-state index contributed by atoms with van der Waals surface area (Å²) in [4.78, 5) is 23.6. The second kappa shape index (κ2) is 6.92. The van der Waals surface area contributed by atoms with Crippen LogP contribution in [-0.2, 0) is 9.53 Å². The van der Waals surface area contributed by atoms with Gasteiger partial charge >= 0.3 is 5.97 Å². The molecule has 0 saturated heterocycles. The van der Waals surface area contributed by atoms with Gasteiger partial charge < -0.3 is 19.4 Å². The van der Waals surface area contributed by atoms with Gasteiger partial charge in [0.15, 0.2) is 12.4 Å². The lowest BCUT2D eigenvalue weighted by Crippen LogP contribution is -2.12. The SMILES string of the molecule is O=C(/C=C/c1cc(O)c2ccoc2c1)OCC(=O)c1ccc(O)cc1. The molecule has 25 heavy (non-hydrogen) atoms. The third-order valence-electron chi connectivity index (χ3n) is 3.52. The van der Waals surface area contributed by atoms with E-state index in [1.54, 1.807) is 12.1 Å². The van der Waals surface area contributed by atoms with Crippen LogP contribution in [0.15, 0.2) is 59.2 Å². The van der Waals surface area contributed by atoms with Crippen molar-refractivity contribution in [3.8, 4) is 11.5 Å². The Kier molecular flexibility index (Phi) is 4.52. The number of aromatic hydroxyl groups is 2. The average Bonchev–Trinajstić information content (AvgIpc) is 3.07. The van der Waals surface area contributed by atoms with Crippen LogP contribution in [0.3, 0.4) is 0 Å². The molecule has 2 N–H and O–H groups in total. The molecule has 0 spiro atoms. The highest BCUT2D eigenvalue weighted by atomic mass is 16.5. The average molecular weight is 338 g/mol. The normalized spacial score (nSPS) is 11.0. The standard InChI is InChI=1S/C19H14O6/c20-14-4-2-13(3-5-14)17(22)11-25-19(23)6-1-12-9-16(21)15-7-8-24-18(15)10-12/h1-10,20-21H,11H2/b6-1+. The summed E-state index contributed by atoms with van der Waals surface area (Å²) in [5.41, 5.74) is 1.39. The Morgan fingerprint density at radius 3 is 2.60 bits per heavy atom. The molecular weight excluding hydrogens is 324 g/mol. The Morgan fingerprint density at radius 1 is 1.08 bits per heavy atom. The first-order valence-corrected chi connectivity index (χ1v) is 7.40. The van der Waals surface area contributed by atoms with Gasteiger partial charge in [0, 0.05) is 11.6 Å². The van der Waals surface area contributed by atoms with Gasteiger partial charge in [-0.15, -0.1) is 0 Å². The molecule has 1 aromatic heterocycles. The Morgan fingerprint density at radius 2 is 1.84 bits per heavy atom. The molecule has 0 aliphatic carbocycles. The molecule has 0 bridgehead atoms. The lowest BCUT2D eigenvalue weighted by Gasteiger charge is -2.02. The maximum Gasteiger partial charge on any atom is 0.331 e. The first-order chi connectivity index (χ1) is 12.0. The third kappa shape index (κ3) is 3.87. The Hall–Kier alpha value is -3.54. The van der Waals surface area contributed by atoms with Gasteiger partial charge in [-0.1, -0.05) is 0 Å². The van der Waals surface area contributed by atoms with E-state index in [9.17, 15) is 19.8 Å². The molecule has 0 amide bonds. The number of hydrogen-bond donors (Lipinski definition) is 2. The summed E-state index contributed by atoms with van der Waals surface area (Å²) in [5, 5.41) is 19.6. The fraction of sp³-hybridized carbons (Fsp3) is 0.0526. The van der Waals surface area contributed by atoms with E-state index in [0.29, 0.717) is 22.1 Å². The van der Waals surface area contributed by atoms with E-state index in [2.05, 4.69) is 0 Å². The number of ether oxygens (including phenoxy) is 1. The van der Waals surface area contributed by atoms with Gasteiger partial charge in [-0.2, -0.15) is 0 Å². The number of phenolic OH excluding ortho intramolecular Hbond substituents is 2. The summed E-state index contributed by atoms with van der Waals surface area (Å²) in [6.07, 6.45) is 4.07. The smallest absolute Gasteiger partial charge is 0.331 e. The van der Waals surface area contributed by atoms with Crippen molar-refractivity contribution in [2.45, 2.75) is 0 Å². The Bertz CT molecular complexity index is 950. The second-order valence-electron chi connectivity index (χ2n) is 5.28. The monoisotopic (exact) mass is 338 g/mol. The molecule has 0 saturated carbocycles. The zero-order valence-electron chi connectivity index (χ0n) is 13.0. The van der Waals surface area contributed by atoms with Crippen LogP contribution in [0.2, 0.25) is 0 Å². The van der Waals surface area contributed by atoms with Crippen molar-refractivity contribution < 1.29 is 29.0 Å². The van der Waals surface area contributed by atoms with Crippen LogP contribution < -0.4 is 0 Å². The number of carbonyl (C=O) groups excluding carboxylic acids is 2. The number of ketones is 1. The van der Waals surface area contributed by atoms with Gasteiger partial charge in [0.1, 0.15) is 17.1 Å². The lowest BCUT2D eigenvalue weighted by molar-refractivity contribution is -0.136. The van der Waals surface area contributed by atoms with Crippen molar-refractivity contribution >= 4 is 28.8 Å². The zero-order valence-corrected chi connectivity index (χ0v) is 13.0. The minimum absolute atomic E-state index is 0.0433. The fourth-order valence-corrected chi connectivity index (χ4v) is 2.25. The van der Waals surface area contributed by atoms with E-state index in [1.165, 1.54) is 42.7 Å². The summed E-state index contributed by atoms with van der Waals surface area (Å²) in [6, 6.07) is 10.5. The molecule has 0 radical (unpaired) electrons. The van der Waals surface area contributed by atoms with E-state index in [1.807, 2.05) is 0 Å². The van der Waals surface area contributed by atoms with E-state index in [-0.39, 0.29) is 17.3 Å². The van der Waals surface area contributed by atoms with Crippen molar-refractivity contribution in [3.05, 3.63) is 65.9 Å². The van der Waals surface area contributed by atoms with E-state index < -0.39 is 12.6 Å². The number of furan rings is 1. The van der Waals surface area contributed by atoms with E-state index in [4.69, 9.17) is 9.15 Å². The minimum Gasteiger partial charge on any atom is -0.508 e. The highest BCUT2D eigenvalue weighted by Crippen LogP contribution is 2.27. The molecule has 2 aromatic carbocycles. The second-order valence-corrected chi connectivity index (χ2v) is 5.28. The molecule has 6 heteroatoms. The molecule has 3 rings (SSSR count). The maximum absolute atomic E-state index is 11.9. The number of fused-ring (bicyclic) bond motifs is 1. The molecule has 6 nitrogen and oxygen atoms in total. The highest BCUT2D eigenvalue weighted by molar-refractivity contribution is 5.99. The topological polar surface area (TPSA) is 97.0 Å². The molecule has 0 aliphatic heterocycles. The van der Waals surface area contributed by atoms with Crippen LogP contribution >= 0.6 is 0 Å². The summed E-state index contributed by atoms with van der Waals surface area (Å²) >= 11 is 0. The van der Waals surface area contributed by atoms with Gasteiger partial charge in [-0.05, 0) is 54.1 Å². The van der Waals surface area contributed by atoms with Gasteiger partial charge in [-0.3, -0.25) is 4.79 Å². The van der Waals surface area contributed by atoms with Gasteiger partial charge in [-0.25, -0.2) is 4.79 Å². The van der Waals surface area contributed by atoms with Crippen LogP contribution in [0, 0.1) is 0 Å². The summed E-state index contributed by atoms with van der Waals surface area (Å²) in [5.74, 6) is -0.974. The first-order valence-electron chi connectivity index (χ1n) is 7.40. The van der Waals surface area contributed by atoms with Gasteiger partial charge in [0.25, 0.3) is 0 Å². The van der Waals surface area contributed by atoms with Crippen LogP contribution in [0.4, 0.5) is 0 Å². The van der Waals surface area contributed by atoms with Crippen molar-refractivity contribution in [1.29, 1.82) is 0 Å². The highest BCUT2D eigenvalue weighted by Gasteiger charge is 2.09. The predicted octanol–water partition coefficient (Wildman–Crippen LogP) is 3.28. The quantitative estimate of drug-likeness (QED) is 0.421. The fourth-order valence-electron chi connectivity index (χ4n) is 2.25. The molecule has 0 unspecified atom stereocenters. The first kappa shape index (κ1) is 16.3. The largest absolute Gasteiger partial charge is 0.508 e. The van der Waals surface area contributed by atoms with E-state index in [0.717, 1.165) is 6.08 Å². The zero-order chi connectivity index (χ0) is 17.8. The van der Waals surface area contributed by atoms with Crippen LogP contribution in [0.25, 0.3) is 17.0 Å². The van der Waals surface area contributed by atoms with Crippen LogP contribution in [0.1, 0.15) is 15.9 Å². The summed E-state index contributed by atoms with van der Waals surface area (Å²) < 4.78 is 10.1. The van der Waals surface area contributed by atoms with Crippen molar-refractivity contribution in [2.75, 3.05) is 6.61 Å². The molecular formula is C19H14O6. The van der Waals surface area contributed by atoms with Crippen LogP contribution in [0.5, 0.6) is 11.5 Å². The molecule has 3 aromatic rings. The van der Waals surface area contributed by atoms with Gasteiger partial charge in [0.2, 0.25) is 0 Å². The number of hydrogen-bond acceptors (Lipinski definition) is 6. The van der Waals surface area contributed by atoms with Crippen molar-refractivity contribution in [2.24, 2.45) is 0 Å². The van der Waals surface area contributed by atoms with E-state index >= 15 is 0 Å². The minimum atomic E-state index is -0.689. The number of rotatable bonds is 5. The van der Waals surface area contributed by atoms with Crippen LogP contribution in [-0.4, -0.2) is 28.6 Å². The number of carbonyl (C=O) groups is 2. The van der Waals surface area contributed by atoms with Crippen molar-refractivity contribution in [3.63, 3.8) is 0 Å². The van der Waals surface area contributed by atoms with Gasteiger partial charge in [0.05, 0.1) is 11.6 Å². The molecule has 0 fully saturated rings. The lowest BCUT2D eigenvalue weighted by atomic mass is 10.1. The molecule has 1 heterocycles.